The summed E-state index contributed by atoms with van der Waals surface area (Å²) in [5.41, 5.74) is 1.17. The normalized spacial score (nSPS) is 11.0. The fraction of sp³-hybridized carbons (Fsp3) is 0.0952. The fourth-order valence-corrected chi connectivity index (χ4v) is 3.09. The predicted octanol–water partition coefficient (Wildman–Crippen LogP) is 3.56. The van der Waals surface area contributed by atoms with E-state index in [0.717, 1.165) is 0 Å². The van der Waals surface area contributed by atoms with E-state index in [4.69, 9.17) is 0 Å². The van der Waals surface area contributed by atoms with Crippen LogP contribution in [0.3, 0.4) is 0 Å². The number of imidazole rings is 1. The first-order chi connectivity index (χ1) is 13.8. The standard InChI is InChI=1S/C21H16F2N4O2/c1-12-3-6-14(9-17(12)23)25-19(28)16-10-18-20(26(2)11-24-18)27(21(16)29)15-7-4-13(22)5-8-15/h3-11H,1-2H3,(H,25,28). The van der Waals surface area contributed by atoms with Crippen molar-refractivity contribution in [1.82, 2.24) is 14.1 Å². The van der Waals surface area contributed by atoms with Gasteiger partial charge in [0, 0.05) is 12.7 Å². The lowest BCUT2D eigenvalue weighted by molar-refractivity contribution is 0.102. The van der Waals surface area contributed by atoms with E-state index in [1.54, 1.807) is 24.6 Å². The molecule has 1 N–H and O–H groups in total. The molecule has 8 heteroatoms. The molecule has 2 heterocycles. The zero-order valence-electron chi connectivity index (χ0n) is 15.6. The van der Waals surface area contributed by atoms with Crippen LogP contribution in [0.15, 0.2) is 59.7 Å². The molecule has 2 aromatic carbocycles. The number of carbonyl (C=O) groups excluding carboxylic acids is 1. The summed E-state index contributed by atoms with van der Waals surface area (Å²) in [4.78, 5) is 30.2. The molecule has 1 amide bonds. The minimum atomic E-state index is -0.693. The van der Waals surface area contributed by atoms with E-state index in [2.05, 4.69) is 10.3 Å². The van der Waals surface area contributed by atoms with Gasteiger partial charge in [-0.1, -0.05) is 6.07 Å². The smallest absolute Gasteiger partial charge is 0.269 e. The highest BCUT2D eigenvalue weighted by molar-refractivity contribution is 6.05. The van der Waals surface area contributed by atoms with Crippen LogP contribution in [0, 0.1) is 18.6 Å². The number of halogens is 2. The lowest BCUT2D eigenvalue weighted by atomic mass is 10.2. The summed E-state index contributed by atoms with van der Waals surface area (Å²) in [5.74, 6) is -1.60. The molecule has 29 heavy (non-hydrogen) atoms. The summed E-state index contributed by atoms with van der Waals surface area (Å²) in [5, 5.41) is 2.54. The highest BCUT2D eigenvalue weighted by Crippen LogP contribution is 2.19. The van der Waals surface area contributed by atoms with Gasteiger partial charge in [0.25, 0.3) is 11.5 Å². The molecule has 0 saturated carbocycles. The van der Waals surface area contributed by atoms with Crippen molar-refractivity contribution < 1.29 is 13.6 Å². The van der Waals surface area contributed by atoms with E-state index in [-0.39, 0.29) is 11.3 Å². The topological polar surface area (TPSA) is 68.9 Å². The molecule has 0 atom stereocenters. The number of rotatable bonds is 3. The van der Waals surface area contributed by atoms with Gasteiger partial charge in [0.15, 0.2) is 0 Å². The van der Waals surface area contributed by atoms with Crippen molar-refractivity contribution in [2.24, 2.45) is 7.05 Å². The molecule has 0 aliphatic carbocycles. The third-order valence-corrected chi connectivity index (χ3v) is 4.62. The van der Waals surface area contributed by atoms with E-state index in [1.807, 2.05) is 0 Å². The molecule has 146 valence electrons. The Bertz CT molecular complexity index is 1310. The lowest BCUT2D eigenvalue weighted by Gasteiger charge is -2.12. The zero-order valence-corrected chi connectivity index (χ0v) is 15.6. The minimum Gasteiger partial charge on any atom is -0.322 e. The van der Waals surface area contributed by atoms with Crippen LogP contribution >= 0.6 is 0 Å². The first kappa shape index (κ1) is 18.5. The van der Waals surface area contributed by atoms with Crippen molar-refractivity contribution in [3.63, 3.8) is 0 Å². The molecule has 4 aromatic rings. The average molecular weight is 394 g/mol. The quantitative estimate of drug-likeness (QED) is 0.578. The van der Waals surface area contributed by atoms with E-state index < -0.39 is 23.1 Å². The maximum Gasteiger partial charge on any atom is 0.269 e. The van der Waals surface area contributed by atoms with Crippen molar-refractivity contribution in [2.75, 3.05) is 5.32 Å². The number of hydrogen-bond donors (Lipinski definition) is 1. The Morgan fingerprint density at radius 3 is 2.48 bits per heavy atom. The summed E-state index contributed by atoms with van der Waals surface area (Å²) in [6.45, 7) is 1.61. The molecule has 0 spiro atoms. The average Bonchev–Trinajstić information content (AvgIpc) is 3.06. The van der Waals surface area contributed by atoms with Gasteiger partial charge >= 0.3 is 0 Å². The van der Waals surface area contributed by atoms with Crippen LogP contribution in [0.4, 0.5) is 14.5 Å². The monoisotopic (exact) mass is 394 g/mol. The minimum absolute atomic E-state index is 0.165. The maximum atomic E-state index is 13.8. The molecular weight excluding hydrogens is 378 g/mol. The van der Waals surface area contributed by atoms with Gasteiger partial charge in [-0.05, 0) is 55.0 Å². The molecule has 0 unspecified atom stereocenters. The van der Waals surface area contributed by atoms with Crippen molar-refractivity contribution in [3.05, 3.63) is 88.0 Å². The first-order valence-corrected chi connectivity index (χ1v) is 8.75. The van der Waals surface area contributed by atoms with Gasteiger partial charge in [0.05, 0.1) is 12.0 Å². The van der Waals surface area contributed by atoms with Crippen molar-refractivity contribution in [1.29, 1.82) is 0 Å². The second-order valence-electron chi connectivity index (χ2n) is 6.66. The molecule has 0 aliphatic rings. The number of aryl methyl sites for hydroxylation is 2. The predicted molar refractivity (Wildman–Crippen MR) is 105 cm³/mol. The van der Waals surface area contributed by atoms with Crippen LogP contribution in [0.1, 0.15) is 15.9 Å². The zero-order chi connectivity index (χ0) is 20.7. The Balaban J connectivity index is 1.86. The Morgan fingerprint density at radius 2 is 1.79 bits per heavy atom. The van der Waals surface area contributed by atoms with Crippen molar-refractivity contribution in [2.45, 2.75) is 6.92 Å². The first-order valence-electron chi connectivity index (χ1n) is 8.75. The Kier molecular flexibility index (Phi) is 4.46. The molecule has 4 rings (SSSR count). The van der Waals surface area contributed by atoms with Gasteiger partial charge in [-0.2, -0.15) is 0 Å². The largest absolute Gasteiger partial charge is 0.322 e. The molecule has 0 aliphatic heterocycles. The number of anilines is 1. The lowest BCUT2D eigenvalue weighted by Crippen LogP contribution is -2.29. The van der Waals surface area contributed by atoms with Crippen LogP contribution in [-0.2, 0) is 7.05 Å². The van der Waals surface area contributed by atoms with Gasteiger partial charge in [0.1, 0.15) is 28.4 Å². The summed E-state index contributed by atoms with van der Waals surface area (Å²) < 4.78 is 30.1. The van der Waals surface area contributed by atoms with Crippen LogP contribution in [0.25, 0.3) is 16.9 Å². The van der Waals surface area contributed by atoms with Gasteiger partial charge in [-0.25, -0.2) is 13.8 Å². The summed E-state index contributed by atoms with van der Waals surface area (Å²) >= 11 is 0. The molecule has 0 saturated heterocycles. The van der Waals surface area contributed by atoms with E-state index in [0.29, 0.717) is 22.4 Å². The number of pyridine rings is 1. The number of nitrogens with one attached hydrogen (secondary N) is 1. The summed E-state index contributed by atoms with van der Waals surface area (Å²) in [6.07, 6.45) is 1.52. The highest BCUT2D eigenvalue weighted by Gasteiger charge is 2.19. The molecule has 0 radical (unpaired) electrons. The van der Waals surface area contributed by atoms with Gasteiger partial charge in [-0.3, -0.25) is 14.2 Å². The van der Waals surface area contributed by atoms with Gasteiger partial charge in [0.2, 0.25) is 0 Å². The number of carbonyl (C=O) groups is 1. The second kappa shape index (κ2) is 6.97. The van der Waals surface area contributed by atoms with Crippen LogP contribution in [0.2, 0.25) is 0 Å². The Morgan fingerprint density at radius 1 is 1.07 bits per heavy atom. The molecule has 0 bridgehead atoms. The van der Waals surface area contributed by atoms with Crippen molar-refractivity contribution >= 4 is 22.8 Å². The SMILES string of the molecule is Cc1ccc(NC(=O)c2cc3ncn(C)c3n(-c3ccc(F)cc3)c2=O)cc1F. The third-order valence-electron chi connectivity index (χ3n) is 4.62. The summed E-state index contributed by atoms with van der Waals surface area (Å²) in [6, 6.07) is 11.0. The van der Waals surface area contributed by atoms with E-state index in [9.17, 15) is 18.4 Å². The number of amides is 1. The summed E-state index contributed by atoms with van der Waals surface area (Å²) in [7, 11) is 1.71. The second-order valence-corrected chi connectivity index (χ2v) is 6.66. The van der Waals surface area contributed by atoms with E-state index in [1.165, 1.54) is 53.4 Å². The van der Waals surface area contributed by atoms with E-state index >= 15 is 0 Å². The molecule has 2 aromatic heterocycles. The maximum absolute atomic E-state index is 13.8. The number of benzene rings is 2. The van der Waals surface area contributed by atoms with Crippen LogP contribution in [-0.4, -0.2) is 20.0 Å². The van der Waals surface area contributed by atoms with Crippen molar-refractivity contribution in [3.8, 4) is 5.69 Å². The number of hydrogen-bond acceptors (Lipinski definition) is 3. The molecule has 0 fully saturated rings. The number of nitrogens with zero attached hydrogens (tertiary/aromatic N) is 3. The van der Waals surface area contributed by atoms with Crippen LogP contribution < -0.4 is 10.9 Å². The van der Waals surface area contributed by atoms with Crippen LogP contribution in [0.5, 0.6) is 0 Å². The Labute approximate surface area is 164 Å². The number of fused-ring (bicyclic) bond motifs is 1. The Hall–Kier alpha value is -3.81. The highest BCUT2D eigenvalue weighted by atomic mass is 19.1. The number of aromatic nitrogens is 3. The third kappa shape index (κ3) is 3.29. The fourth-order valence-electron chi connectivity index (χ4n) is 3.09. The molecular formula is C21H16F2N4O2. The molecule has 6 nitrogen and oxygen atoms in total. The van der Waals surface area contributed by atoms with Gasteiger partial charge in [-0.15, -0.1) is 0 Å². The van der Waals surface area contributed by atoms with Gasteiger partial charge < -0.3 is 9.88 Å².